The number of aliphatic hydroxyl groups is 1. The zero-order valence-corrected chi connectivity index (χ0v) is 11.6. The van der Waals surface area contributed by atoms with Crippen molar-refractivity contribution in [2.75, 3.05) is 19.6 Å². The van der Waals surface area contributed by atoms with E-state index in [0.717, 1.165) is 6.54 Å². The van der Waals surface area contributed by atoms with Crippen molar-refractivity contribution < 1.29 is 5.11 Å². The number of likely N-dealkylation sites (tertiary alicyclic amines) is 1. The van der Waals surface area contributed by atoms with Gasteiger partial charge in [0.2, 0.25) is 0 Å². The van der Waals surface area contributed by atoms with Crippen LogP contribution in [0, 0.1) is 10.8 Å². The maximum Gasteiger partial charge on any atom is 0.0723 e. The molecule has 1 aliphatic heterocycles. The number of azide groups is 1. The lowest BCUT2D eigenvalue weighted by Gasteiger charge is -2.40. The first-order valence-corrected chi connectivity index (χ1v) is 6.77. The second-order valence-electron chi connectivity index (χ2n) is 7.21. The molecule has 1 saturated carbocycles. The van der Waals surface area contributed by atoms with Crippen molar-refractivity contribution in [2.24, 2.45) is 15.9 Å². The van der Waals surface area contributed by atoms with Crippen molar-refractivity contribution in [3.05, 3.63) is 10.4 Å². The van der Waals surface area contributed by atoms with Gasteiger partial charge in [0.25, 0.3) is 0 Å². The molecule has 5 nitrogen and oxygen atoms in total. The molecular formula is C14H28N4O. The maximum atomic E-state index is 9.87. The molecule has 0 amide bonds. The molecule has 19 heavy (non-hydrogen) atoms. The van der Waals surface area contributed by atoms with Crippen LogP contribution in [0.5, 0.6) is 0 Å². The van der Waals surface area contributed by atoms with Gasteiger partial charge in [-0.1, -0.05) is 33.3 Å². The second kappa shape index (κ2) is 5.70. The van der Waals surface area contributed by atoms with Gasteiger partial charge in [0.05, 0.1) is 12.6 Å². The molecule has 1 N–H and O–H groups in total. The Bertz CT molecular complexity index is 364. The molecule has 1 aliphatic carbocycles. The maximum absolute atomic E-state index is 9.87. The molecule has 0 spiro atoms. The lowest BCUT2D eigenvalue weighted by atomic mass is 9.65. The number of hydrogen-bond acceptors (Lipinski definition) is 3. The van der Waals surface area contributed by atoms with Crippen LogP contribution in [-0.2, 0) is 0 Å². The highest BCUT2D eigenvalue weighted by Crippen LogP contribution is 2.52. The molecule has 3 atom stereocenters. The molecule has 110 valence electrons. The highest BCUT2D eigenvalue weighted by Gasteiger charge is 2.49. The molecule has 0 aromatic carbocycles. The third-order valence-electron chi connectivity index (χ3n) is 4.32. The van der Waals surface area contributed by atoms with E-state index in [4.69, 9.17) is 5.53 Å². The smallest absolute Gasteiger partial charge is 0.0723 e. The van der Waals surface area contributed by atoms with Gasteiger partial charge in [-0.15, -0.1) is 0 Å². The summed E-state index contributed by atoms with van der Waals surface area (Å²) in [5.74, 6) is 0. The van der Waals surface area contributed by atoms with Crippen LogP contribution in [0.15, 0.2) is 5.11 Å². The topological polar surface area (TPSA) is 72.2 Å². The Morgan fingerprint density at radius 2 is 2.11 bits per heavy atom. The predicted molar refractivity (Wildman–Crippen MR) is 77.9 cm³/mol. The molecular weight excluding hydrogens is 240 g/mol. The molecule has 2 rings (SSSR count). The van der Waals surface area contributed by atoms with E-state index in [1.807, 2.05) is 0 Å². The van der Waals surface area contributed by atoms with Crippen molar-refractivity contribution in [2.45, 2.75) is 59.6 Å². The molecule has 1 saturated heterocycles. The summed E-state index contributed by atoms with van der Waals surface area (Å²) in [4.78, 5) is 5.10. The Morgan fingerprint density at radius 1 is 1.42 bits per heavy atom. The van der Waals surface area contributed by atoms with Gasteiger partial charge >= 0.3 is 0 Å². The molecule has 5 heteroatoms. The van der Waals surface area contributed by atoms with E-state index in [1.165, 1.54) is 19.3 Å². The van der Waals surface area contributed by atoms with E-state index in [9.17, 15) is 5.11 Å². The van der Waals surface area contributed by atoms with Crippen LogP contribution in [-0.4, -0.2) is 41.8 Å². The summed E-state index contributed by atoms with van der Waals surface area (Å²) in [7, 11) is 0. The van der Waals surface area contributed by atoms with E-state index in [2.05, 4.69) is 35.7 Å². The highest BCUT2D eigenvalue weighted by molar-refractivity contribution is 5.02. The quantitative estimate of drug-likeness (QED) is 0.483. The first kappa shape index (κ1) is 16.3. The summed E-state index contributed by atoms with van der Waals surface area (Å²) in [6, 6.07) is 0.583. The fourth-order valence-corrected chi connectivity index (χ4v) is 4.25. The monoisotopic (exact) mass is 268 g/mol. The van der Waals surface area contributed by atoms with Crippen molar-refractivity contribution in [3.8, 4) is 0 Å². The van der Waals surface area contributed by atoms with Crippen LogP contribution in [0.4, 0.5) is 0 Å². The number of nitrogens with zero attached hydrogens (tertiary/aromatic N) is 4. The number of hydrogen-bond donors (Lipinski definition) is 1. The number of β-amino-alcohol motifs (C(OH)–C–C–N with tert-alkyl or cyclic N) is 1. The van der Waals surface area contributed by atoms with Gasteiger partial charge in [-0.3, -0.25) is 4.90 Å². The Balaban J connectivity index is 0.00000180. The average Bonchev–Trinajstić information content (AvgIpc) is 2.44. The first-order valence-electron chi connectivity index (χ1n) is 6.77. The van der Waals surface area contributed by atoms with Crippen LogP contribution in [0.3, 0.4) is 0 Å². The lowest BCUT2D eigenvalue weighted by molar-refractivity contribution is 0.0962. The summed E-state index contributed by atoms with van der Waals surface area (Å²) < 4.78 is 0. The third kappa shape index (κ3) is 3.85. The van der Waals surface area contributed by atoms with E-state index < -0.39 is 6.10 Å². The van der Waals surface area contributed by atoms with Gasteiger partial charge in [-0.2, -0.15) is 0 Å². The summed E-state index contributed by atoms with van der Waals surface area (Å²) in [5.41, 5.74) is 9.07. The Hall–Kier alpha value is -0.770. The van der Waals surface area contributed by atoms with E-state index in [1.54, 1.807) is 0 Å². The minimum Gasteiger partial charge on any atom is -0.392 e. The molecule has 2 bridgehead atoms. The molecule has 0 radical (unpaired) electrons. The standard InChI is InChI=1S/C13H24N4O.CH4/c1-12(2)4-10-5-13(3,8-12)9-17(10)7-11(18)6-15-16-14;/h10-11,18H,4-9H2,1-3H3;1H4/t10?,11-,13+;/m0./s1. The van der Waals surface area contributed by atoms with Gasteiger partial charge in [-0.25, -0.2) is 0 Å². The summed E-state index contributed by atoms with van der Waals surface area (Å²) in [5, 5.41) is 13.3. The van der Waals surface area contributed by atoms with E-state index in [0.29, 0.717) is 23.4 Å². The largest absolute Gasteiger partial charge is 0.392 e. The van der Waals surface area contributed by atoms with Gasteiger partial charge in [0, 0.05) is 24.0 Å². The molecule has 1 unspecified atom stereocenters. The number of aliphatic hydroxyl groups excluding tert-OH is 1. The lowest BCUT2D eigenvalue weighted by Crippen LogP contribution is -2.38. The van der Waals surface area contributed by atoms with Gasteiger partial charge in [0.1, 0.15) is 0 Å². The zero-order valence-electron chi connectivity index (χ0n) is 11.6. The van der Waals surface area contributed by atoms with Crippen LogP contribution < -0.4 is 0 Å². The predicted octanol–water partition coefficient (Wildman–Crippen LogP) is 3.19. The van der Waals surface area contributed by atoms with Crippen molar-refractivity contribution in [1.82, 2.24) is 4.90 Å². The summed E-state index contributed by atoms with van der Waals surface area (Å²) >= 11 is 0. The summed E-state index contributed by atoms with van der Waals surface area (Å²) in [6.45, 7) is 8.93. The molecule has 2 fully saturated rings. The Morgan fingerprint density at radius 3 is 2.74 bits per heavy atom. The number of rotatable bonds is 4. The third-order valence-corrected chi connectivity index (χ3v) is 4.32. The van der Waals surface area contributed by atoms with Crippen LogP contribution in [0.2, 0.25) is 0 Å². The van der Waals surface area contributed by atoms with Crippen LogP contribution in [0.25, 0.3) is 10.4 Å². The minimum atomic E-state index is -0.535. The summed E-state index contributed by atoms with van der Waals surface area (Å²) in [6.07, 6.45) is 3.17. The van der Waals surface area contributed by atoms with Gasteiger partial charge < -0.3 is 5.11 Å². The average molecular weight is 268 g/mol. The second-order valence-corrected chi connectivity index (χ2v) is 7.21. The molecule has 0 aromatic heterocycles. The minimum absolute atomic E-state index is 0. The number of fused-ring (bicyclic) bond motifs is 2. The normalized spacial score (nSPS) is 34.2. The zero-order chi connectivity index (χ0) is 13.4. The van der Waals surface area contributed by atoms with Gasteiger partial charge in [-0.05, 0) is 35.6 Å². The fraction of sp³-hybridized carbons (Fsp3) is 1.00. The Labute approximate surface area is 116 Å². The van der Waals surface area contributed by atoms with E-state index in [-0.39, 0.29) is 14.0 Å². The van der Waals surface area contributed by atoms with Crippen LogP contribution >= 0.6 is 0 Å². The van der Waals surface area contributed by atoms with Gasteiger partial charge in [0.15, 0.2) is 0 Å². The van der Waals surface area contributed by atoms with Crippen molar-refractivity contribution >= 4 is 0 Å². The highest BCUT2D eigenvalue weighted by atomic mass is 16.3. The van der Waals surface area contributed by atoms with Crippen molar-refractivity contribution in [3.63, 3.8) is 0 Å². The molecule has 1 heterocycles. The van der Waals surface area contributed by atoms with E-state index >= 15 is 0 Å². The Kier molecular flexibility index (Phi) is 4.88. The SMILES string of the molecule is C.CC1(C)CC2C[C@@](C)(CN2C[C@@H](O)CN=[N+]=[N-])C1. The fourth-order valence-electron chi connectivity index (χ4n) is 4.25. The van der Waals surface area contributed by atoms with Crippen molar-refractivity contribution in [1.29, 1.82) is 0 Å². The molecule has 2 aliphatic rings. The molecule has 0 aromatic rings. The van der Waals surface area contributed by atoms with Crippen LogP contribution in [0.1, 0.15) is 47.5 Å². The first-order chi connectivity index (χ1) is 8.34.